The molecule has 1 aliphatic rings. The number of hydrogen-bond donors (Lipinski definition) is 1. The summed E-state index contributed by atoms with van der Waals surface area (Å²) in [5, 5.41) is 6.39. The molecule has 130 valence electrons. The number of morpholine rings is 1. The molecule has 0 aromatic carbocycles. The van der Waals surface area contributed by atoms with E-state index in [1.807, 2.05) is 0 Å². The van der Waals surface area contributed by atoms with E-state index in [0.717, 1.165) is 39.3 Å². The zero-order valence-corrected chi connectivity index (χ0v) is 13.8. The normalized spacial score (nSPS) is 16.0. The Labute approximate surface area is 138 Å². The van der Waals surface area contributed by atoms with Crippen molar-refractivity contribution in [2.75, 3.05) is 39.4 Å². The van der Waals surface area contributed by atoms with Gasteiger partial charge in [-0.25, -0.2) is 8.78 Å². The zero-order chi connectivity index (χ0) is 16.8. The number of aromatic nitrogens is 2. The van der Waals surface area contributed by atoms with Crippen LogP contribution in [-0.4, -0.2) is 60.0 Å². The van der Waals surface area contributed by atoms with Gasteiger partial charge >= 0.3 is 0 Å². The number of rotatable bonds is 7. The van der Waals surface area contributed by atoms with Gasteiger partial charge in [0.1, 0.15) is 12.2 Å². The Kier molecular flexibility index (Phi) is 6.73. The van der Waals surface area contributed by atoms with Crippen molar-refractivity contribution in [1.82, 2.24) is 20.0 Å². The van der Waals surface area contributed by atoms with Crippen molar-refractivity contribution < 1.29 is 18.3 Å². The molecule has 23 heavy (non-hydrogen) atoms. The molecule has 0 saturated carbocycles. The summed E-state index contributed by atoms with van der Waals surface area (Å²) in [6, 6.07) is 0. The largest absolute Gasteiger partial charge is 0.379 e. The minimum atomic E-state index is -2.75. The van der Waals surface area contributed by atoms with Crippen molar-refractivity contribution in [3.05, 3.63) is 16.4 Å². The van der Waals surface area contributed by atoms with Crippen LogP contribution in [0.5, 0.6) is 0 Å². The lowest BCUT2D eigenvalue weighted by Gasteiger charge is -2.26. The Balaban J connectivity index is 1.73. The predicted molar refractivity (Wildman–Crippen MR) is 81.8 cm³/mol. The smallest absolute Gasteiger partial charge is 0.283 e. The number of carbonyl (C=O) groups excluding carboxylic acids is 1. The summed E-state index contributed by atoms with van der Waals surface area (Å²) >= 11 is 5.79. The maximum atomic E-state index is 12.7. The van der Waals surface area contributed by atoms with Crippen LogP contribution in [0.4, 0.5) is 8.78 Å². The lowest BCUT2D eigenvalue weighted by molar-refractivity contribution is -0.121. The molecule has 1 amide bonds. The average molecular weight is 351 g/mol. The molecular formula is C14H21ClF2N4O2. The van der Waals surface area contributed by atoms with Gasteiger partial charge in [0.25, 0.3) is 6.43 Å². The Morgan fingerprint density at radius 3 is 2.74 bits per heavy atom. The van der Waals surface area contributed by atoms with Gasteiger partial charge in [-0.2, -0.15) is 5.10 Å². The third kappa shape index (κ3) is 5.12. The Morgan fingerprint density at radius 1 is 1.43 bits per heavy atom. The summed E-state index contributed by atoms with van der Waals surface area (Å²) in [4.78, 5) is 14.1. The second-order valence-electron chi connectivity index (χ2n) is 5.40. The molecule has 1 aliphatic heterocycles. The average Bonchev–Trinajstić information content (AvgIpc) is 2.81. The van der Waals surface area contributed by atoms with Crippen LogP contribution in [0, 0.1) is 6.92 Å². The van der Waals surface area contributed by atoms with Crippen LogP contribution in [0.1, 0.15) is 24.2 Å². The van der Waals surface area contributed by atoms with E-state index in [1.165, 1.54) is 4.68 Å². The second kappa shape index (κ2) is 8.56. The van der Waals surface area contributed by atoms with Crippen LogP contribution in [0.3, 0.4) is 0 Å². The van der Waals surface area contributed by atoms with Crippen molar-refractivity contribution in [3.63, 3.8) is 0 Å². The number of alkyl halides is 2. The highest BCUT2D eigenvalue weighted by Crippen LogP contribution is 2.28. The van der Waals surface area contributed by atoms with Gasteiger partial charge in [-0.1, -0.05) is 11.6 Å². The van der Waals surface area contributed by atoms with Gasteiger partial charge in [0.05, 0.1) is 23.9 Å². The number of hydrogen-bond acceptors (Lipinski definition) is 4. The molecule has 1 saturated heterocycles. The topological polar surface area (TPSA) is 59.4 Å². The molecule has 0 radical (unpaired) electrons. The van der Waals surface area contributed by atoms with Crippen LogP contribution >= 0.6 is 11.6 Å². The van der Waals surface area contributed by atoms with Crippen molar-refractivity contribution in [1.29, 1.82) is 0 Å². The van der Waals surface area contributed by atoms with Gasteiger partial charge in [-0.3, -0.25) is 14.4 Å². The molecular weight excluding hydrogens is 330 g/mol. The molecule has 1 N–H and O–H groups in total. The Morgan fingerprint density at radius 2 is 2.13 bits per heavy atom. The number of carbonyl (C=O) groups is 1. The minimum Gasteiger partial charge on any atom is -0.379 e. The molecule has 0 spiro atoms. The first-order valence-corrected chi connectivity index (χ1v) is 7.94. The van der Waals surface area contributed by atoms with E-state index >= 15 is 0 Å². The van der Waals surface area contributed by atoms with Gasteiger partial charge in [0.15, 0.2) is 0 Å². The molecule has 2 rings (SSSR count). The van der Waals surface area contributed by atoms with Crippen LogP contribution in [0.2, 0.25) is 5.02 Å². The monoisotopic (exact) mass is 350 g/mol. The highest BCUT2D eigenvalue weighted by Gasteiger charge is 2.21. The number of ether oxygens (including phenoxy) is 1. The first-order chi connectivity index (χ1) is 11.0. The first-order valence-electron chi connectivity index (χ1n) is 7.56. The lowest BCUT2D eigenvalue weighted by atomic mass is 10.3. The SMILES string of the molecule is Cc1c(Cl)c(C(F)F)nn1CC(=O)NCCCN1CCOCC1. The van der Waals surface area contributed by atoms with Gasteiger partial charge < -0.3 is 10.1 Å². The van der Waals surface area contributed by atoms with Crippen LogP contribution in [0.25, 0.3) is 0 Å². The van der Waals surface area contributed by atoms with Gasteiger partial charge in [0.2, 0.25) is 5.91 Å². The Bertz CT molecular complexity index is 533. The van der Waals surface area contributed by atoms with Crippen molar-refractivity contribution in [3.8, 4) is 0 Å². The van der Waals surface area contributed by atoms with Gasteiger partial charge in [-0.15, -0.1) is 0 Å². The molecule has 1 aromatic heterocycles. The Hall–Kier alpha value is -1.25. The fraction of sp³-hybridized carbons (Fsp3) is 0.714. The molecule has 9 heteroatoms. The first kappa shape index (κ1) is 18.1. The summed E-state index contributed by atoms with van der Waals surface area (Å²) in [5.41, 5.74) is -0.116. The van der Waals surface area contributed by atoms with Crippen LogP contribution in [-0.2, 0) is 16.1 Å². The molecule has 0 bridgehead atoms. The maximum absolute atomic E-state index is 12.7. The van der Waals surface area contributed by atoms with Gasteiger partial charge in [0, 0.05) is 19.6 Å². The minimum absolute atomic E-state index is 0.0832. The standard InChI is InChI=1S/C14H21ClF2N4O2/c1-10-12(15)13(14(16)17)19-21(10)9-11(22)18-3-2-4-20-5-7-23-8-6-20/h14H,2-9H2,1H3,(H,18,22). The van der Waals surface area contributed by atoms with Crippen LogP contribution < -0.4 is 5.32 Å². The van der Waals surface area contributed by atoms with E-state index in [4.69, 9.17) is 16.3 Å². The van der Waals surface area contributed by atoms with E-state index in [2.05, 4.69) is 15.3 Å². The number of halogens is 3. The summed E-state index contributed by atoms with van der Waals surface area (Å²) in [6.07, 6.45) is -1.92. The fourth-order valence-corrected chi connectivity index (χ4v) is 2.61. The van der Waals surface area contributed by atoms with E-state index in [0.29, 0.717) is 12.2 Å². The second-order valence-corrected chi connectivity index (χ2v) is 5.78. The van der Waals surface area contributed by atoms with Crippen LogP contribution in [0.15, 0.2) is 0 Å². The van der Waals surface area contributed by atoms with E-state index in [-0.39, 0.29) is 17.5 Å². The molecule has 0 unspecified atom stereocenters. The highest BCUT2D eigenvalue weighted by atomic mass is 35.5. The number of amides is 1. The predicted octanol–water partition coefficient (Wildman–Crippen LogP) is 1.62. The van der Waals surface area contributed by atoms with E-state index < -0.39 is 12.1 Å². The fourth-order valence-electron chi connectivity index (χ4n) is 2.39. The molecule has 0 atom stereocenters. The van der Waals surface area contributed by atoms with E-state index in [1.54, 1.807) is 6.92 Å². The maximum Gasteiger partial charge on any atom is 0.283 e. The molecule has 6 nitrogen and oxygen atoms in total. The zero-order valence-electron chi connectivity index (χ0n) is 13.0. The third-order valence-corrected chi connectivity index (χ3v) is 4.20. The lowest BCUT2D eigenvalue weighted by Crippen LogP contribution is -2.38. The van der Waals surface area contributed by atoms with Crippen molar-refractivity contribution >= 4 is 17.5 Å². The third-order valence-electron chi connectivity index (χ3n) is 3.74. The highest BCUT2D eigenvalue weighted by molar-refractivity contribution is 6.31. The summed E-state index contributed by atoms with van der Waals surface area (Å²) in [5.74, 6) is -0.268. The molecule has 2 heterocycles. The number of nitrogens with zero attached hydrogens (tertiary/aromatic N) is 3. The van der Waals surface area contributed by atoms with Crippen molar-refractivity contribution in [2.24, 2.45) is 0 Å². The molecule has 0 aliphatic carbocycles. The van der Waals surface area contributed by atoms with Crippen molar-refractivity contribution in [2.45, 2.75) is 26.3 Å². The van der Waals surface area contributed by atoms with Gasteiger partial charge in [-0.05, 0) is 19.9 Å². The number of nitrogens with one attached hydrogen (secondary N) is 1. The summed E-state index contributed by atoms with van der Waals surface area (Å²) in [6.45, 7) is 6.20. The molecule has 1 aromatic rings. The quantitative estimate of drug-likeness (QED) is 0.759. The van der Waals surface area contributed by atoms with E-state index in [9.17, 15) is 13.6 Å². The molecule has 1 fully saturated rings. The summed E-state index contributed by atoms with van der Waals surface area (Å²) in [7, 11) is 0. The summed E-state index contributed by atoms with van der Waals surface area (Å²) < 4.78 is 31.9.